The first-order valence-electron chi connectivity index (χ1n) is 10.9. The van der Waals surface area contributed by atoms with Crippen molar-refractivity contribution in [2.75, 3.05) is 10.6 Å². The smallest absolute Gasteiger partial charge is 0.303 e. The summed E-state index contributed by atoms with van der Waals surface area (Å²) < 4.78 is 13.8. The third-order valence-electron chi connectivity index (χ3n) is 5.53. The SMILES string of the molecule is N=C(N)NCc1ccc(N/C(=C2\C(=O)Nc3cc(F)ccc32)c2cccc(CCC(=O)O)c2)cc1. The number of guanidine groups is 1. The molecule has 178 valence electrons. The Hall–Kier alpha value is -4.66. The van der Waals surface area contributed by atoms with E-state index in [0.717, 1.165) is 11.1 Å². The van der Waals surface area contributed by atoms with Crippen LogP contribution in [0.25, 0.3) is 11.3 Å². The molecule has 3 aromatic rings. The Morgan fingerprint density at radius 2 is 1.83 bits per heavy atom. The van der Waals surface area contributed by atoms with Gasteiger partial charge in [-0.2, -0.15) is 0 Å². The van der Waals surface area contributed by atoms with E-state index < -0.39 is 11.8 Å². The molecule has 7 N–H and O–H groups in total. The molecular formula is C26H24FN5O3. The minimum atomic E-state index is -0.891. The number of anilines is 2. The van der Waals surface area contributed by atoms with Gasteiger partial charge in [0.05, 0.1) is 17.0 Å². The molecule has 0 bridgehead atoms. The van der Waals surface area contributed by atoms with Crippen molar-refractivity contribution in [2.45, 2.75) is 19.4 Å². The number of aryl methyl sites for hydroxylation is 1. The van der Waals surface area contributed by atoms with Crippen LogP contribution in [0.3, 0.4) is 0 Å². The van der Waals surface area contributed by atoms with Crippen molar-refractivity contribution in [3.63, 3.8) is 0 Å². The van der Waals surface area contributed by atoms with Crippen LogP contribution < -0.4 is 21.7 Å². The van der Waals surface area contributed by atoms with Crippen molar-refractivity contribution in [1.29, 1.82) is 5.41 Å². The number of carbonyl (C=O) groups is 2. The van der Waals surface area contributed by atoms with E-state index in [-0.39, 0.29) is 18.3 Å². The Bertz CT molecular complexity index is 1340. The van der Waals surface area contributed by atoms with Gasteiger partial charge < -0.3 is 26.8 Å². The van der Waals surface area contributed by atoms with E-state index in [0.29, 0.717) is 46.7 Å². The van der Waals surface area contributed by atoms with E-state index in [1.807, 2.05) is 48.5 Å². The van der Waals surface area contributed by atoms with Gasteiger partial charge in [-0.15, -0.1) is 0 Å². The highest BCUT2D eigenvalue weighted by Gasteiger charge is 2.29. The second kappa shape index (κ2) is 10.1. The van der Waals surface area contributed by atoms with Gasteiger partial charge in [-0.05, 0) is 59.5 Å². The Kier molecular flexibility index (Phi) is 6.77. The predicted octanol–water partition coefficient (Wildman–Crippen LogP) is 3.76. The molecular weight excluding hydrogens is 449 g/mol. The van der Waals surface area contributed by atoms with Gasteiger partial charge in [0.2, 0.25) is 0 Å². The van der Waals surface area contributed by atoms with E-state index in [9.17, 15) is 14.0 Å². The Labute approximate surface area is 201 Å². The third kappa shape index (κ3) is 5.64. The number of aliphatic carboxylic acids is 1. The summed E-state index contributed by atoms with van der Waals surface area (Å²) in [6, 6.07) is 18.9. The molecule has 8 nitrogen and oxygen atoms in total. The first-order valence-corrected chi connectivity index (χ1v) is 10.9. The molecule has 1 aliphatic rings. The summed E-state index contributed by atoms with van der Waals surface area (Å²) in [5, 5.41) is 25.1. The number of halogens is 1. The van der Waals surface area contributed by atoms with E-state index >= 15 is 0 Å². The van der Waals surface area contributed by atoms with Crippen molar-refractivity contribution < 1.29 is 19.1 Å². The highest BCUT2D eigenvalue weighted by molar-refractivity contribution is 6.37. The summed E-state index contributed by atoms with van der Waals surface area (Å²) in [7, 11) is 0. The molecule has 0 aliphatic carbocycles. The quantitative estimate of drug-likeness (QED) is 0.167. The number of hydrogen-bond donors (Lipinski definition) is 6. The van der Waals surface area contributed by atoms with Gasteiger partial charge in [0.15, 0.2) is 5.96 Å². The largest absolute Gasteiger partial charge is 0.481 e. The highest BCUT2D eigenvalue weighted by atomic mass is 19.1. The number of carboxylic acid groups (broad SMARTS) is 1. The standard InChI is InChI=1S/C26H24FN5O3/c27-18-7-10-20-21(13-18)32-25(35)23(20)24(17-3-1-2-15(12-17)6-11-22(33)34)31-19-8-4-16(5-9-19)14-30-26(28)29/h1-5,7-10,12-13,31H,6,11,14H2,(H,32,35)(H,33,34)(H4,28,29,30)/b24-23-. The molecule has 4 rings (SSSR count). The van der Waals surface area contributed by atoms with Gasteiger partial charge >= 0.3 is 5.97 Å². The maximum Gasteiger partial charge on any atom is 0.303 e. The van der Waals surface area contributed by atoms with Crippen LogP contribution in [0, 0.1) is 11.2 Å². The summed E-state index contributed by atoms with van der Waals surface area (Å²) in [4.78, 5) is 24.0. The zero-order chi connectivity index (χ0) is 24.9. The fourth-order valence-corrected chi connectivity index (χ4v) is 3.85. The van der Waals surface area contributed by atoms with Crippen molar-refractivity contribution in [3.05, 3.63) is 94.8 Å². The molecule has 0 spiro atoms. The molecule has 3 aromatic carbocycles. The molecule has 0 radical (unpaired) electrons. The number of carbonyl (C=O) groups excluding carboxylic acids is 1. The molecule has 0 fully saturated rings. The Morgan fingerprint density at radius 3 is 2.54 bits per heavy atom. The van der Waals surface area contributed by atoms with Gasteiger partial charge in [0, 0.05) is 24.2 Å². The topological polar surface area (TPSA) is 140 Å². The summed E-state index contributed by atoms with van der Waals surface area (Å²) in [6.07, 6.45) is 0.332. The summed E-state index contributed by atoms with van der Waals surface area (Å²) >= 11 is 0. The number of benzene rings is 3. The first kappa shape index (κ1) is 23.5. The molecule has 1 amide bonds. The van der Waals surface area contributed by atoms with Gasteiger partial charge in [-0.25, -0.2) is 4.39 Å². The van der Waals surface area contributed by atoms with Crippen LogP contribution in [-0.4, -0.2) is 22.9 Å². The van der Waals surface area contributed by atoms with Crippen LogP contribution in [0.15, 0.2) is 66.7 Å². The Morgan fingerprint density at radius 1 is 1.06 bits per heavy atom. The summed E-state index contributed by atoms with van der Waals surface area (Å²) in [6.45, 7) is 0.399. The average Bonchev–Trinajstić information content (AvgIpc) is 3.15. The van der Waals surface area contributed by atoms with E-state index in [1.54, 1.807) is 6.07 Å². The molecule has 9 heteroatoms. The lowest BCUT2D eigenvalue weighted by Crippen LogP contribution is -2.29. The number of amides is 1. The number of fused-ring (bicyclic) bond motifs is 1. The van der Waals surface area contributed by atoms with Gasteiger partial charge in [0.25, 0.3) is 5.91 Å². The second-order valence-electron chi connectivity index (χ2n) is 8.08. The summed E-state index contributed by atoms with van der Waals surface area (Å²) in [5.41, 5.74) is 10.3. The fourth-order valence-electron chi connectivity index (χ4n) is 3.85. The highest BCUT2D eigenvalue weighted by Crippen LogP contribution is 2.38. The van der Waals surface area contributed by atoms with Gasteiger partial charge in [-0.1, -0.05) is 30.3 Å². The minimum absolute atomic E-state index is 0.0128. The molecule has 0 saturated carbocycles. The number of hydrogen-bond acceptors (Lipinski definition) is 4. The van der Waals surface area contributed by atoms with Crippen LogP contribution in [0.2, 0.25) is 0 Å². The van der Waals surface area contributed by atoms with Gasteiger partial charge in [-0.3, -0.25) is 15.0 Å². The molecule has 1 aliphatic heterocycles. The van der Waals surface area contributed by atoms with Crippen LogP contribution >= 0.6 is 0 Å². The molecule has 35 heavy (non-hydrogen) atoms. The average molecular weight is 474 g/mol. The Balaban J connectivity index is 1.75. The predicted molar refractivity (Wildman–Crippen MR) is 133 cm³/mol. The molecule has 0 aromatic heterocycles. The lowest BCUT2D eigenvalue weighted by molar-refractivity contribution is -0.137. The third-order valence-corrected chi connectivity index (χ3v) is 5.53. The van der Waals surface area contributed by atoms with E-state index in [1.165, 1.54) is 12.1 Å². The van der Waals surface area contributed by atoms with Crippen LogP contribution in [0.1, 0.15) is 28.7 Å². The number of rotatable bonds is 8. The molecule has 0 atom stereocenters. The van der Waals surface area contributed by atoms with Gasteiger partial charge in [0.1, 0.15) is 5.82 Å². The van der Waals surface area contributed by atoms with Crippen molar-refractivity contribution in [1.82, 2.24) is 5.32 Å². The summed E-state index contributed by atoms with van der Waals surface area (Å²) in [5.74, 6) is -1.83. The maximum atomic E-state index is 13.8. The normalized spacial score (nSPS) is 13.6. The zero-order valence-corrected chi connectivity index (χ0v) is 18.7. The van der Waals surface area contributed by atoms with Crippen molar-refractivity contribution in [2.24, 2.45) is 5.73 Å². The minimum Gasteiger partial charge on any atom is -0.481 e. The van der Waals surface area contributed by atoms with E-state index in [2.05, 4.69) is 16.0 Å². The number of carboxylic acids is 1. The van der Waals surface area contributed by atoms with Crippen LogP contribution in [0.4, 0.5) is 15.8 Å². The lowest BCUT2D eigenvalue weighted by atomic mass is 9.97. The van der Waals surface area contributed by atoms with Crippen LogP contribution in [0.5, 0.6) is 0 Å². The maximum absolute atomic E-state index is 13.8. The fraction of sp³-hybridized carbons (Fsp3) is 0.115. The molecule has 0 saturated heterocycles. The first-order chi connectivity index (χ1) is 16.8. The van der Waals surface area contributed by atoms with Crippen LogP contribution in [-0.2, 0) is 22.6 Å². The lowest BCUT2D eigenvalue weighted by Gasteiger charge is -2.16. The van der Waals surface area contributed by atoms with E-state index in [4.69, 9.17) is 16.2 Å². The van der Waals surface area contributed by atoms with Crippen molar-refractivity contribution in [3.8, 4) is 0 Å². The number of nitrogens with one attached hydrogen (secondary N) is 4. The monoisotopic (exact) mass is 473 g/mol. The second-order valence-corrected chi connectivity index (χ2v) is 8.08. The number of nitrogens with two attached hydrogens (primary N) is 1. The van der Waals surface area contributed by atoms with Crippen molar-refractivity contribution >= 4 is 40.5 Å². The molecule has 0 unspecified atom stereocenters. The zero-order valence-electron chi connectivity index (χ0n) is 18.7. The molecule has 1 heterocycles.